The minimum absolute atomic E-state index is 0.706. The highest BCUT2D eigenvalue weighted by Crippen LogP contribution is 2.32. The van der Waals surface area contributed by atoms with Gasteiger partial charge < -0.3 is 74.7 Å². The number of hydrogen-bond donors (Lipinski definition) is 10. The van der Waals surface area contributed by atoms with Gasteiger partial charge in [-0.15, -0.1) is 0 Å². The van der Waals surface area contributed by atoms with Gasteiger partial charge in [-0.1, -0.05) is 0 Å². The van der Waals surface area contributed by atoms with Crippen LogP contribution in [0.15, 0.2) is 0 Å². The number of aliphatic hydroxyl groups excluding tert-OH is 10. The van der Waals surface area contributed by atoms with Crippen LogP contribution in [0.4, 0.5) is 0 Å². The summed E-state index contributed by atoms with van der Waals surface area (Å²) >= 11 is 0. The van der Waals surface area contributed by atoms with E-state index in [4.69, 9.17) is 28.8 Å². The maximum atomic E-state index is 10.7. The van der Waals surface area contributed by atoms with Crippen molar-refractivity contribution in [3.8, 4) is 0 Å². The highest BCUT2D eigenvalue weighted by Gasteiger charge is 2.53. The van der Waals surface area contributed by atoms with Crippen molar-refractivity contribution in [2.75, 3.05) is 13.2 Å². The van der Waals surface area contributed by atoms with Crippen LogP contribution in [0.25, 0.3) is 0 Å². The Labute approximate surface area is 187 Å². The lowest BCUT2D eigenvalue weighted by Gasteiger charge is -2.47. The van der Waals surface area contributed by atoms with E-state index < -0.39 is 105 Å². The standard InChI is InChI=1S/C18H32O15/c1-4-7(21)10(24)12(26)17(29-4)32-14-9(23)6(3-20)31-18(13(14)27)33-15-11(25)8(22)5(2-19)30-16(15)28/h4-28H,2-3H2,1H3/t4-,5+,6+,7-,8+,9+,10+,11-,12+,13-,14-,15-,16-,17-,18+/m0/s1. The molecule has 0 radical (unpaired) electrons. The smallest absolute Gasteiger partial charge is 0.187 e. The summed E-state index contributed by atoms with van der Waals surface area (Å²) < 4.78 is 26.4. The van der Waals surface area contributed by atoms with Crippen LogP contribution in [-0.4, -0.2) is 156 Å². The highest BCUT2D eigenvalue weighted by molar-refractivity contribution is 4.95. The maximum absolute atomic E-state index is 10.7. The van der Waals surface area contributed by atoms with Crippen LogP contribution in [0.2, 0.25) is 0 Å². The van der Waals surface area contributed by atoms with Crippen molar-refractivity contribution in [2.45, 2.75) is 99.0 Å². The molecule has 194 valence electrons. The molecule has 15 atom stereocenters. The summed E-state index contributed by atoms with van der Waals surface area (Å²) in [4.78, 5) is 0. The molecule has 3 heterocycles. The zero-order valence-electron chi connectivity index (χ0n) is 17.6. The molecular formula is C18H32O15. The van der Waals surface area contributed by atoms with Crippen LogP contribution in [0, 0.1) is 0 Å². The molecule has 0 aliphatic carbocycles. The van der Waals surface area contributed by atoms with Gasteiger partial charge in [0.05, 0.1) is 19.3 Å². The molecule has 0 aromatic heterocycles. The molecule has 0 amide bonds. The zero-order chi connectivity index (χ0) is 24.6. The topological polar surface area (TPSA) is 248 Å². The van der Waals surface area contributed by atoms with Crippen molar-refractivity contribution in [2.24, 2.45) is 0 Å². The molecule has 0 aromatic carbocycles. The highest BCUT2D eigenvalue weighted by atomic mass is 16.8. The van der Waals surface area contributed by atoms with Crippen molar-refractivity contribution in [1.29, 1.82) is 0 Å². The van der Waals surface area contributed by atoms with E-state index in [1.54, 1.807) is 0 Å². The van der Waals surface area contributed by atoms with Crippen LogP contribution in [-0.2, 0) is 23.7 Å². The molecule has 3 rings (SSSR count). The molecule has 3 fully saturated rings. The molecule has 10 N–H and O–H groups in total. The number of aliphatic hydroxyl groups is 10. The first kappa shape index (κ1) is 27.0. The third kappa shape index (κ3) is 5.32. The van der Waals surface area contributed by atoms with Gasteiger partial charge in [-0.3, -0.25) is 0 Å². The van der Waals surface area contributed by atoms with Gasteiger partial charge in [0, 0.05) is 0 Å². The summed E-state index contributed by atoms with van der Waals surface area (Å²) in [5.74, 6) is 0. The van der Waals surface area contributed by atoms with Gasteiger partial charge >= 0.3 is 0 Å². The van der Waals surface area contributed by atoms with Crippen molar-refractivity contribution < 1.29 is 74.7 Å². The SMILES string of the molecule is C[C@@H]1O[C@@H](O[C@@H]2[C@H](O)[C@@H](O[C@H]3[C@@H](O)[C@H](O)[C@@H](CO)O[C@@H]3O)O[C@H](CO)[C@H]2O)[C@H](O)[C@H](O)[C@H]1O. The minimum atomic E-state index is -1.86. The van der Waals surface area contributed by atoms with E-state index in [1.807, 2.05) is 0 Å². The van der Waals surface area contributed by atoms with E-state index >= 15 is 0 Å². The first-order chi connectivity index (χ1) is 15.5. The zero-order valence-corrected chi connectivity index (χ0v) is 17.6. The third-order valence-corrected chi connectivity index (χ3v) is 6.06. The fraction of sp³-hybridized carbons (Fsp3) is 1.00. The molecule has 0 saturated carbocycles. The summed E-state index contributed by atoms with van der Waals surface area (Å²) in [5.41, 5.74) is 0. The van der Waals surface area contributed by atoms with E-state index in [1.165, 1.54) is 6.92 Å². The quantitative estimate of drug-likeness (QED) is 0.167. The number of hydrogen-bond acceptors (Lipinski definition) is 15. The molecular weight excluding hydrogens is 456 g/mol. The molecule has 0 aromatic rings. The van der Waals surface area contributed by atoms with Crippen LogP contribution in [0.1, 0.15) is 6.92 Å². The van der Waals surface area contributed by atoms with E-state index in [0.29, 0.717) is 0 Å². The lowest BCUT2D eigenvalue weighted by Crippen LogP contribution is -2.66. The Morgan fingerprint density at radius 3 is 1.70 bits per heavy atom. The first-order valence-corrected chi connectivity index (χ1v) is 10.4. The Kier molecular flexibility index (Phi) is 8.99. The van der Waals surface area contributed by atoms with Gasteiger partial charge in [-0.25, -0.2) is 0 Å². The Bertz CT molecular complexity index is 626. The fourth-order valence-electron chi connectivity index (χ4n) is 3.98. The van der Waals surface area contributed by atoms with Crippen molar-refractivity contribution >= 4 is 0 Å². The fourth-order valence-corrected chi connectivity index (χ4v) is 3.98. The van der Waals surface area contributed by atoms with Gasteiger partial charge in [-0.05, 0) is 6.92 Å². The van der Waals surface area contributed by atoms with Crippen LogP contribution in [0.3, 0.4) is 0 Å². The summed E-state index contributed by atoms with van der Waals surface area (Å²) in [6, 6.07) is 0. The Morgan fingerprint density at radius 1 is 0.545 bits per heavy atom. The normalized spacial score (nSPS) is 53.7. The van der Waals surface area contributed by atoms with E-state index in [2.05, 4.69) is 0 Å². The second-order valence-electron chi connectivity index (χ2n) is 8.32. The minimum Gasteiger partial charge on any atom is -0.394 e. The lowest BCUT2D eigenvalue weighted by molar-refractivity contribution is -0.381. The second kappa shape index (κ2) is 11.0. The molecule has 15 heteroatoms. The second-order valence-corrected chi connectivity index (χ2v) is 8.32. The van der Waals surface area contributed by atoms with Gasteiger partial charge in [0.25, 0.3) is 0 Å². The van der Waals surface area contributed by atoms with Gasteiger partial charge in [0.2, 0.25) is 0 Å². The van der Waals surface area contributed by atoms with Gasteiger partial charge in [-0.2, -0.15) is 0 Å². The molecule has 0 spiro atoms. The Balaban J connectivity index is 1.75. The molecule has 0 bridgehead atoms. The number of rotatable bonds is 6. The van der Waals surface area contributed by atoms with Gasteiger partial charge in [0.15, 0.2) is 18.9 Å². The predicted molar refractivity (Wildman–Crippen MR) is 99.8 cm³/mol. The molecule has 33 heavy (non-hydrogen) atoms. The molecule has 0 unspecified atom stereocenters. The molecule has 3 aliphatic rings. The van der Waals surface area contributed by atoms with Crippen LogP contribution >= 0.6 is 0 Å². The Morgan fingerprint density at radius 2 is 1.09 bits per heavy atom. The Hall–Kier alpha value is -0.600. The van der Waals surface area contributed by atoms with Crippen LogP contribution in [0.5, 0.6) is 0 Å². The van der Waals surface area contributed by atoms with E-state index in [-0.39, 0.29) is 0 Å². The third-order valence-electron chi connectivity index (χ3n) is 6.06. The van der Waals surface area contributed by atoms with Crippen molar-refractivity contribution in [3.05, 3.63) is 0 Å². The van der Waals surface area contributed by atoms with E-state index in [0.717, 1.165) is 0 Å². The summed E-state index contributed by atoms with van der Waals surface area (Å²) in [5, 5.41) is 100. The van der Waals surface area contributed by atoms with Crippen molar-refractivity contribution in [1.82, 2.24) is 0 Å². The molecule has 3 aliphatic heterocycles. The number of ether oxygens (including phenoxy) is 5. The monoisotopic (exact) mass is 488 g/mol. The summed E-state index contributed by atoms with van der Waals surface area (Å²) in [6.45, 7) is -0.0882. The first-order valence-electron chi connectivity index (χ1n) is 10.4. The molecule has 15 nitrogen and oxygen atoms in total. The summed E-state index contributed by atoms with van der Waals surface area (Å²) in [6.07, 6.45) is -24.0. The predicted octanol–water partition coefficient (Wildman–Crippen LogP) is -6.55. The van der Waals surface area contributed by atoms with Crippen molar-refractivity contribution in [3.63, 3.8) is 0 Å². The molecule has 3 saturated heterocycles. The lowest BCUT2D eigenvalue weighted by atomic mass is 9.96. The summed E-state index contributed by atoms with van der Waals surface area (Å²) in [7, 11) is 0. The largest absolute Gasteiger partial charge is 0.394 e. The van der Waals surface area contributed by atoms with Gasteiger partial charge in [0.1, 0.15) is 67.1 Å². The maximum Gasteiger partial charge on any atom is 0.187 e. The van der Waals surface area contributed by atoms with Crippen LogP contribution < -0.4 is 0 Å². The van der Waals surface area contributed by atoms with E-state index in [9.17, 15) is 46.0 Å². The average Bonchev–Trinajstić information content (AvgIpc) is 2.79. The average molecular weight is 488 g/mol.